The van der Waals surface area contributed by atoms with Gasteiger partial charge in [-0.2, -0.15) is 0 Å². The molecule has 1 atom stereocenters. The standard InChI is InChI=1S/C22H17ClN2O3S/c1-14(21(26)25-22-24-19-12-7-15(23)13-20(19)29-22)27-17-8-10-18(11-9-17)28-16-5-3-2-4-6-16/h2-14H,1H3,(H,24,25,26). The lowest BCUT2D eigenvalue weighted by atomic mass is 10.3. The Labute approximate surface area is 176 Å². The van der Waals surface area contributed by atoms with E-state index in [0.29, 0.717) is 21.7 Å². The van der Waals surface area contributed by atoms with Crippen molar-refractivity contribution in [2.75, 3.05) is 5.32 Å². The zero-order valence-corrected chi connectivity index (χ0v) is 17.0. The number of hydrogen-bond donors (Lipinski definition) is 1. The molecule has 4 aromatic rings. The first-order valence-electron chi connectivity index (χ1n) is 8.93. The van der Waals surface area contributed by atoms with E-state index < -0.39 is 6.10 Å². The minimum Gasteiger partial charge on any atom is -0.481 e. The highest BCUT2D eigenvalue weighted by Crippen LogP contribution is 2.29. The van der Waals surface area contributed by atoms with Gasteiger partial charge in [0, 0.05) is 5.02 Å². The molecule has 0 fully saturated rings. The molecule has 1 unspecified atom stereocenters. The SMILES string of the molecule is CC(Oc1ccc(Oc2ccccc2)cc1)C(=O)Nc1nc2ccc(Cl)cc2s1. The number of amides is 1. The Morgan fingerprint density at radius 2 is 1.69 bits per heavy atom. The summed E-state index contributed by atoms with van der Waals surface area (Å²) in [5, 5.41) is 3.93. The normalized spacial score (nSPS) is 11.8. The van der Waals surface area contributed by atoms with E-state index in [2.05, 4.69) is 10.3 Å². The largest absolute Gasteiger partial charge is 0.481 e. The van der Waals surface area contributed by atoms with Gasteiger partial charge in [-0.15, -0.1) is 0 Å². The molecule has 3 aromatic carbocycles. The summed E-state index contributed by atoms with van der Waals surface area (Å²) < 4.78 is 12.4. The van der Waals surface area contributed by atoms with Gasteiger partial charge in [0.15, 0.2) is 11.2 Å². The van der Waals surface area contributed by atoms with Gasteiger partial charge in [-0.25, -0.2) is 4.98 Å². The fourth-order valence-corrected chi connectivity index (χ4v) is 3.77. The van der Waals surface area contributed by atoms with E-state index in [9.17, 15) is 4.79 Å². The van der Waals surface area contributed by atoms with Crippen molar-refractivity contribution >= 4 is 44.2 Å². The van der Waals surface area contributed by atoms with Crippen LogP contribution in [0, 0.1) is 0 Å². The molecule has 29 heavy (non-hydrogen) atoms. The molecule has 1 N–H and O–H groups in total. The smallest absolute Gasteiger partial charge is 0.266 e. The lowest BCUT2D eigenvalue weighted by Crippen LogP contribution is -2.30. The van der Waals surface area contributed by atoms with Gasteiger partial charge in [-0.3, -0.25) is 10.1 Å². The summed E-state index contributed by atoms with van der Waals surface area (Å²) in [6, 6.07) is 22.1. The molecule has 0 spiro atoms. The lowest BCUT2D eigenvalue weighted by molar-refractivity contribution is -0.122. The number of halogens is 1. The number of hydrogen-bond acceptors (Lipinski definition) is 5. The summed E-state index contributed by atoms with van der Waals surface area (Å²) in [7, 11) is 0. The van der Waals surface area contributed by atoms with E-state index in [1.807, 2.05) is 42.5 Å². The average Bonchev–Trinajstić information content (AvgIpc) is 3.11. The van der Waals surface area contributed by atoms with E-state index in [1.54, 1.807) is 37.3 Å². The molecule has 0 aliphatic heterocycles. The topological polar surface area (TPSA) is 60.5 Å². The molecule has 0 saturated heterocycles. The Hall–Kier alpha value is -3.09. The van der Waals surface area contributed by atoms with Crippen LogP contribution < -0.4 is 14.8 Å². The van der Waals surface area contributed by atoms with Crippen LogP contribution in [0.1, 0.15) is 6.92 Å². The first-order chi connectivity index (χ1) is 14.1. The van der Waals surface area contributed by atoms with Crippen LogP contribution >= 0.6 is 22.9 Å². The molecule has 146 valence electrons. The highest BCUT2D eigenvalue weighted by molar-refractivity contribution is 7.22. The van der Waals surface area contributed by atoms with Gasteiger partial charge in [0.1, 0.15) is 17.2 Å². The molecule has 1 aromatic heterocycles. The third-order valence-corrected chi connectivity index (χ3v) is 5.23. The first-order valence-corrected chi connectivity index (χ1v) is 10.1. The molecule has 0 aliphatic rings. The Bertz CT molecular complexity index is 1130. The summed E-state index contributed by atoms with van der Waals surface area (Å²) in [5.74, 6) is 1.74. The summed E-state index contributed by atoms with van der Waals surface area (Å²) in [4.78, 5) is 16.8. The quantitative estimate of drug-likeness (QED) is 0.403. The number of thiazole rings is 1. The minimum absolute atomic E-state index is 0.278. The third-order valence-electron chi connectivity index (χ3n) is 4.07. The van der Waals surface area contributed by atoms with Crippen molar-refractivity contribution in [2.45, 2.75) is 13.0 Å². The van der Waals surface area contributed by atoms with Crippen LogP contribution in [-0.2, 0) is 4.79 Å². The van der Waals surface area contributed by atoms with Crippen molar-refractivity contribution in [3.8, 4) is 17.2 Å². The van der Waals surface area contributed by atoms with Gasteiger partial charge in [0.2, 0.25) is 0 Å². The van der Waals surface area contributed by atoms with E-state index in [0.717, 1.165) is 16.0 Å². The van der Waals surface area contributed by atoms with Crippen LogP contribution in [0.2, 0.25) is 5.02 Å². The number of benzene rings is 3. The van der Waals surface area contributed by atoms with Crippen LogP contribution in [-0.4, -0.2) is 17.0 Å². The number of nitrogens with one attached hydrogen (secondary N) is 1. The number of ether oxygens (including phenoxy) is 2. The van der Waals surface area contributed by atoms with E-state index in [-0.39, 0.29) is 5.91 Å². The molecule has 5 nitrogen and oxygen atoms in total. The monoisotopic (exact) mass is 424 g/mol. The zero-order valence-electron chi connectivity index (χ0n) is 15.5. The highest BCUT2D eigenvalue weighted by atomic mass is 35.5. The van der Waals surface area contributed by atoms with Gasteiger partial charge in [0.05, 0.1) is 10.2 Å². The van der Waals surface area contributed by atoms with Crippen LogP contribution in [0.4, 0.5) is 5.13 Å². The van der Waals surface area contributed by atoms with Crippen molar-refractivity contribution in [3.05, 3.63) is 77.8 Å². The minimum atomic E-state index is -0.688. The Balaban J connectivity index is 1.36. The second-order valence-corrected chi connectivity index (χ2v) is 7.73. The fraction of sp³-hybridized carbons (Fsp3) is 0.0909. The average molecular weight is 425 g/mol. The molecular weight excluding hydrogens is 408 g/mol. The van der Waals surface area contributed by atoms with Crippen molar-refractivity contribution < 1.29 is 14.3 Å². The zero-order chi connectivity index (χ0) is 20.2. The molecule has 1 heterocycles. The number of carbonyl (C=O) groups is 1. The molecule has 0 saturated carbocycles. The van der Waals surface area contributed by atoms with Gasteiger partial charge in [-0.1, -0.05) is 41.1 Å². The fourth-order valence-electron chi connectivity index (χ4n) is 2.63. The molecule has 7 heteroatoms. The van der Waals surface area contributed by atoms with E-state index in [1.165, 1.54) is 11.3 Å². The Kier molecular flexibility index (Phi) is 5.64. The van der Waals surface area contributed by atoms with Gasteiger partial charge < -0.3 is 9.47 Å². The number of anilines is 1. The molecular formula is C22H17ClN2O3S. The van der Waals surface area contributed by atoms with Crippen LogP contribution in [0.25, 0.3) is 10.2 Å². The molecule has 4 rings (SSSR count). The highest BCUT2D eigenvalue weighted by Gasteiger charge is 2.17. The van der Waals surface area contributed by atoms with E-state index >= 15 is 0 Å². The third kappa shape index (κ3) is 4.85. The second kappa shape index (κ2) is 8.51. The number of carbonyl (C=O) groups excluding carboxylic acids is 1. The number of nitrogens with zero attached hydrogens (tertiary/aromatic N) is 1. The maximum absolute atomic E-state index is 12.4. The molecule has 1 amide bonds. The second-order valence-electron chi connectivity index (χ2n) is 6.27. The van der Waals surface area contributed by atoms with Gasteiger partial charge in [-0.05, 0) is 61.5 Å². The summed E-state index contributed by atoms with van der Waals surface area (Å²) in [6.45, 7) is 1.69. The van der Waals surface area contributed by atoms with Crippen LogP contribution in [0.15, 0.2) is 72.8 Å². The molecule has 0 radical (unpaired) electrons. The van der Waals surface area contributed by atoms with Crippen LogP contribution in [0.5, 0.6) is 17.2 Å². The number of rotatable bonds is 6. The van der Waals surface area contributed by atoms with Crippen LogP contribution in [0.3, 0.4) is 0 Å². The number of aromatic nitrogens is 1. The lowest BCUT2D eigenvalue weighted by Gasteiger charge is -2.14. The molecule has 0 bridgehead atoms. The van der Waals surface area contributed by atoms with Crippen molar-refractivity contribution in [1.29, 1.82) is 0 Å². The maximum Gasteiger partial charge on any atom is 0.266 e. The predicted octanol–water partition coefficient (Wildman–Crippen LogP) is 6.15. The Morgan fingerprint density at radius 3 is 2.45 bits per heavy atom. The van der Waals surface area contributed by atoms with Crippen molar-refractivity contribution in [1.82, 2.24) is 4.98 Å². The van der Waals surface area contributed by atoms with Gasteiger partial charge >= 0.3 is 0 Å². The number of fused-ring (bicyclic) bond motifs is 1. The summed E-state index contributed by atoms with van der Waals surface area (Å²) >= 11 is 7.36. The van der Waals surface area contributed by atoms with Crippen molar-refractivity contribution in [3.63, 3.8) is 0 Å². The Morgan fingerprint density at radius 1 is 1.00 bits per heavy atom. The molecule has 0 aliphatic carbocycles. The van der Waals surface area contributed by atoms with Gasteiger partial charge in [0.25, 0.3) is 5.91 Å². The summed E-state index contributed by atoms with van der Waals surface area (Å²) in [5.41, 5.74) is 0.789. The summed E-state index contributed by atoms with van der Waals surface area (Å²) in [6.07, 6.45) is -0.688. The first kappa shape index (κ1) is 19.2. The number of para-hydroxylation sites is 1. The van der Waals surface area contributed by atoms with E-state index in [4.69, 9.17) is 21.1 Å². The maximum atomic E-state index is 12.4. The predicted molar refractivity (Wildman–Crippen MR) is 116 cm³/mol. The van der Waals surface area contributed by atoms with Crippen molar-refractivity contribution in [2.24, 2.45) is 0 Å².